The van der Waals surface area contributed by atoms with Crippen LogP contribution in [0.25, 0.3) is 0 Å². The number of halogens is 2. The highest BCUT2D eigenvalue weighted by Gasteiger charge is 2.19. The van der Waals surface area contributed by atoms with E-state index in [-0.39, 0.29) is 5.91 Å². The third-order valence-corrected chi connectivity index (χ3v) is 5.69. The Hall–Kier alpha value is -1.73. The van der Waals surface area contributed by atoms with Crippen molar-refractivity contribution in [2.24, 2.45) is 5.10 Å². The molecule has 0 aliphatic carbocycles. The molecule has 1 aliphatic rings. The third kappa shape index (κ3) is 6.14. The van der Waals surface area contributed by atoms with Gasteiger partial charge in [0.2, 0.25) is 0 Å². The summed E-state index contributed by atoms with van der Waals surface area (Å²) in [5.74, 6) is -0.0870. The summed E-state index contributed by atoms with van der Waals surface area (Å²) in [6.45, 7) is 6.63. The largest absolute Gasteiger partial charge is 0.296 e. The summed E-state index contributed by atoms with van der Waals surface area (Å²) in [6.07, 6.45) is 0. The molecule has 28 heavy (non-hydrogen) atoms. The van der Waals surface area contributed by atoms with Crippen molar-refractivity contribution in [2.75, 3.05) is 32.7 Å². The average molecular weight is 464 g/mol. The molecule has 1 amide bonds. The van der Waals surface area contributed by atoms with E-state index < -0.39 is 0 Å². The molecule has 5 nitrogen and oxygen atoms in total. The molecular weight excluding hydrogens is 440 g/mol. The summed E-state index contributed by atoms with van der Waals surface area (Å²) in [5, 5.41) is 5.03. The van der Waals surface area contributed by atoms with Gasteiger partial charge in [-0.15, -0.1) is 0 Å². The van der Waals surface area contributed by atoms with Gasteiger partial charge in [-0.05, 0) is 36.2 Å². The highest BCUT2D eigenvalue weighted by atomic mass is 79.9. The van der Waals surface area contributed by atoms with E-state index in [1.54, 1.807) is 0 Å². The normalized spacial score (nSPS) is 16.2. The Balaban J connectivity index is 1.43. The van der Waals surface area contributed by atoms with Crippen LogP contribution in [0.5, 0.6) is 0 Å². The van der Waals surface area contributed by atoms with Crippen LogP contribution in [-0.4, -0.2) is 54.1 Å². The second-order valence-corrected chi connectivity index (χ2v) is 8.21. The quantitative estimate of drug-likeness (QED) is 0.524. The standard InChI is InChI=1S/C21H24BrClN4O/c1-16(17-6-8-19(22)9-7-17)24-25-21(28)15-27-12-10-26(11-13-27)14-18-4-2-3-5-20(18)23/h2-9H,10-15H2,1H3,(H,25,28)/b24-16-. The molecule has 0 unspecified atom stereocenters. The second-order valence-electron chi connectivity index (χ2n) is 6.88. The fraction of sp³-hybridized carbons (Fsp3) is 0.333. The first kappa shape index (κ1) is 21.0. The molecular formula is C21H24BrClN4O. The van der Waals surface area contributed by atoms with Gasteiger partial charge in [-0.1, -0.05) is 57.9 Å². The minimum atomic E-state index is -0.0870. The lowest BCUT2D eigenvalue weighted by Crippen LogP contribution is -2.48. The number of carbonyl (C=O) groups is 1. The summed E-state index contributed by atoms with van der Waals surface area (Å²) in [7, 11) is 0. The molecule has 7 heteroatoms. The topological polar surface area (TPSA) is 47.9 Å². The number of piperazine rings is 1. The Morgan fingerprint density at radius 3 is 2.39 bits per heavy atom. The zero-order valence-electron chi connectivity index (χ0n) is 15.9. The van der Waals surface area contributed by atoms with Crippen LogP contribution in [0.4, 0.5) is 0 Å². The minimum Gasteiger partial charge on any atom is -0.296 e. The van der Waals surface area contributed by atoms with Crippen molar-refractivity contribution in [1.82, 2.24) is 15.2 Å². The van der Waals surface area contributed by atoms with Gasteiger partial charge in [-0.2, -0.15) is 5.10 Å². The van der Waals surface area contributed by atoms with Crippen LogP contribution < -0.4 is 5.43 Å². The average Bonchev–Trinajstić information content (AvgIpc) is 2.70. The van der Waals surface area contributed by atoms with E-state index in [2.05, 4.69) is 42.3 Å². The molecule has 0 aromatic heterocycles. The lowest BCUT2D eigenvalue weighted by atomic mass is 10.1. The molecule has 0 atom stereocenters. The first-order valence-corrected chi connectivity index (χ1v) is 10.5. The Bertz CT molecular complexity index is 833. The molecule has 1 N–H and O–H groups in total. The number of hydrazone groups is 1. The van der Waals surface area contributed by atoms with Gasteiger partial charge >= 0.3 is 0 Å². The third-order valence-electron chi connectivity index (χ3n) is 4.79. The second kappa shape index (κ2) is 10.2. The number of nitrogens with one attached hydrogen (secondary N) is 1. The number of hydrogen-bond donors (Lipinski definition) is 1. The molecule has 1 aliphatic heterocycles. The van der Waals surface area contributed by atoms with Crippen LogP contribution >= 0.6 is 27.5 Å². The molecule has 2 aromatic rings. The van der Waals surface area contributed by atoms with E-state index in [0.717, 1.165) is 59.1 Å². The first-order chi connectivity index (χ1) is 13.5. The molecule has 0 spiro atoms. The molecule has 148 valence electrons. The van der Waals surface area contributed by atoms with E-state index >= 15 is 0 Å². The number of nitrogens with zero attached hydrogens (tertiary/aromatic N) is 3. The molecule has 0 saturated carbocycles. The molecule has 0 radical (unpaired) electrons. The highest BCUT2D eigenvalue weighted by molar-refractivity contribution is 9.10. The van der Waals surface area contributed by atoms with E-state index in [1.165, 1.54) is 0 Å². The van der Waals surface area contributed by atoms with Gasteiger partial charge in [0.05, 0.1) is 12.3 Å². The van der Waals surface area contributed by atoms with E-state index in [0.29, 0.717) is 6.54 Å². The van der Waals surface area contributed by atoms with Gasteiger partial charge in [-0.3, -0.25) is 14.6 Å². The predicted molar refractivity (Wildman–Crippen MR) is 118 cm³/mol. The van der Waals surface area contributed by atoms with Gasteiger partial charge in [0, 0.05) is 42.2 Å². The maximum atomic E-state index is 12.2. The minimum absolute atomic E-state index is 0.0870. The predicted octanol–water partition coefficient (Wildman–Crippen LogP) is 3.76. The van der Waals surface area contributed by atoms with E-state index in [1.807, 2.05) is 49.4 Å². The van der Waals surface area contributed by atoms with E-state index in [4.69, 9.17) is 11.6 Å². The van der Waals surface area contributed by atoms with Crippen LogP contribution in [0.3, 0.4) is 0 Å². The Labute approximate surface area is 179 Å². The summed E-state index contributed by atoms with van der Waals surface area (Å²) < 4.78 is 1.02. The number of benzene rings is 2. The van der Waals surface area contributed by atoms with Crippen LogP contribution in [0.2, 0.25) is 5.02 Å². The molecule has 3 rings (SSSR count). The lowest BCUT2D eigenvalue weighted by molar-refractivity contribution is -0.122. The monoisotopic (exact) mass is 462 g/mol. The summed E-state index contributed by atoms with van der Waals surface area (Å²) in [5.41, 5.74) is 5.58. The van der Waals surface area contributed by atoms with Crippen molar-refractivity contribution in [3.63, 3.8) is 0 Å². The smallest absolute Gasteiger partial charge is 0.254 e. The Morgan fingerprint density at radius 1 is 1.07 bits per heavy atom. The first-order valence-electron chi connectivity index (χ1n) is 9.28. The van der Waals surface area contributed by atoms with Crippen LogP contribution in [-0.2, 0) is 11.3 Å². The molecule has 1 heterocycles. The van der Waals surface area contributed by atoms with Gasteiger partial charge in [0.15, 0.2) is 0 Å². The van der Waals surface area contributed by atoms with Crippen molar-refractivity contribution >= 4 is 39.1 Å². The fourth-order valence-corrected chi connectivity index (χ4v) is 3.57. The molecule has 2 aromatic carbocycles. The maximum Gasteiger partial charge on any atom is 0.254 e. The number of carbonyl (C=O) groups excluding carboxylic acids is 1. The van der Waals surface area contributed by atoms with Crippen LogP contribution in [0.1, 0.15) is 18.1 Å². The Morgan fingerprint density at radius 2 is 1.71 bits per heavy atom. The van der Waals surface area contributed by atoms with Crippen LogP contribution in [0.15, 0.2) is 58.1 Å². The zero-order chi connectivity index (χ0) is 19.9. The zero-order valence-corrected chi connectivity index (χ0v) is 18.2. The highest BCUT2D eigenvalue weighted by Crippen LogP contribution is 2.17. The summed E-state index contributed by atoms with van der Waals surface area (Å²) in [6, 6.07) is 15.8. The SMILES string of the molecule is C/C(=N/NC(=O)CN1CCN(Cc2ccccc2Cl)CC1)c1ccc(Br)cc1. The van der Waals surface area contributed by atoms with Crippen molar-refractivity contribution in [3.8, 4) is 0 Å². The van der Waals surface area contributed by atoms with Gasteiger partial charge in [-0.25, -0.2) is 5.43 Å². The molecule has 1 saturated heterocycles. The fourth-order valence-electron chi connectivity index (χ4n) is 3.11. The van der Waals surface area contributed by atoms with Crippen LogP contribution in [0, 0.1) is 0 Å². The van der Waals surface area contributed by atoms with Gasteiger partial charge < -0.3 is 0 Å². The summed E-state index contributed by atoms with van der Waals surface area (Å²) in [4.78, 5) is 16.7. The van der Waals surface area contributed by atoms with Crippen molar-refractivity contribution < 1.29 is 4.79 Å². The van der Waals surface area contributed by atoms with Gasteiger partial charge in [0.1, 0.15) is 0 Å². The lowest BCUT2D eigenvalue weighted by Gasteiger charge is -2.34. The Kier molecular flexibility index (Phi) is 7.62. The van der Waals surface area contributed by atoms with Crippen molar-refractivity contribution in [3.05, 3.63) is 69.2 Å². The van der Waals surface area contributed by atoms with Crippen molar-refractivity contribution in [2.45, 2.75) is 13.5 Å². The van der Waals surface area contributed by atoms with Crippen molar-refractivity contribution in [1.29, 1.82) is 0 Å². The number of amides is 1. The van der Waals surface area contributed by atoms with Gasteiger partial charge in [0.25, 0.3) is 5.91 Å². The number of hydrogen-bond acceptors (Lipinski definition) is 4. The maximum absolute atomic E-state index is 12.2. The van der Waals surface area contributed by atoms with E-state index in [9.17, 15) is 4.79 Å². The number of rotatable bonds is 6. The molecule has 0 bridgehead atoms. The summed E-state index contributed by atoms with van der Waals surface area (Å²) >= 11 is 9.66. The molecule has 1 fully saturated rings.